The molecule has 1 rings (SSSR count). The zero-order valence-electron chi connectivity index (χ0n) is 17.8. The molecule has 0 unspecified atom stereocenters. The van der Waals surface area contributed by atoms with E-state index >= 15 is 0 Å². The van der Waals surface area contributed by atoms with Gasteiger partial charge < -0.3 is 20.3 Å². The first-order valence-corrected chi connectivity index (χ1v) is 10.4. The van der Waals surface area contributed by atoms with Crippen LogP contribution in [0, 0.1) is 6.92 Å². The summed E-state index contributed by atoms with van der Waals surface area (Å²) in [6, 6.07) is 0.0925. The molecule has 0 aromatic carbocycles. The van der Waals surface area contributed by atoms with Crippen LogP contribution in [0.25, 0.3) is 0 Å². The molecule has 1 amide bonds. The minimum absolute atomic E-state index is 0.0925. The highest BCUT2D eigenvalue weighted by molar-refractivity contribution is 7.11. The number of aromatic nitrogens is 1. The van der Waals surface area contributed by atoms with Crippen LogP contribution in [0.4, 0.5) is 4.79 Å². The largest absolute Gasteiger partial charge is 0.444 e. The summed E-state index contributed by atoms with van der Waals surface area (Å²) < 4.78 is 5.49. The lowest BCUT2D eigenvalue weighted by Crippen LogP contribution is -2.43. The van der Waals surface area contributed by atoms with Crippen LogP contribution in [0.3, 0.4) is 0 Å². The Balaban J connectivity index is 2.49. The number of nitrogens with zero attached hydrogens (tertiary/aromatic N) is 3. The third-order valence-electron chi connectivity index (χ3n) is 3.51. The van der Waals surface area contributed by atoms with Gasteiger partial charge in [-0.25, -0.2) is 14.8 Å². The Bertz CT molecular complexity index is 607. The Morgan fingerprint density at radius 1 is 1.37 bits per heavy atom. The fourth-order valence-electron chi connectivity index (χ4n) is 2.30. The van der Waals surface area contributed by atoms with Crippen LogP contribution in [0.1, 0.15) is 57.8 Å². The van der Waals surface area contributed by atoms with Crippen LogP contribution < -0.4 is 10.6 Å². The number of ether oxygens (including phenoxy) is 1. The molecule has 1 heterocycles. The molecule has 1 aromatic rings. The van der Waals surface area contributed by atoms with E-state index in [0.717, 1.165) is 30.5 Å². The van der Waals surface area contributed by atoms with Crippen LogP contribution in [-0.4, -0.2) is 53.2 Å². The van der Waals surface area contributed by atoms with E-state index in [1.54, 1.807) is 16.2 Å². The molecule has 7 nitrogen and oxygen atoms in total. The summed E-state index contributed by atoms with van der Waals surface area (Å²) in [4.78, 5) is 24.2. The van der Waals surface area contributed by atoms with E-state index in [4.69, 9.17) is 4.74 Å². The van der Waals surface area contributed by atoms with Crippen LogP contribution in [0.15, 0.2) is 11.2 Å². The first-order chi connectivity index (χ1) is 12.6. The molecule has 0 aliphatic carbocycles. The average molecular weight is 398 g/mol. The number of nitrogens with one attached hydrogen (secondary N) is 2. The number of carbonyl (C=O) groups excluding carboxylic acids is 1. The number of amides is 1. The number of thiazole rings is 1. The quantitative estimate of drug-likeness (QED) is 0.398. The first kappa shape index (κ1) is 23.2. The van der Waals surface area contributed by atoms with Crippen molar-refractivity contribution in [3.8, 4) is 0 Å². The Hall–Kier alpha value is -1.83. The maximum Gasteiger partial charge on any atom is 0.410 e. The molecule has 0 radical (unpaired) electrons. The van der Waals surface area contributed by atoms with Crippen LogP contribution >= 0.6 is 11.3 Å². The Labute approximate surface area is 167 Å². The van der Waals surface area contributed by atoms with E-state index in [0.29, 0.717) is 13.1 Å². The van der Waals surface area contributed by atoms with Crippen molar-refractivity contribution in [1.82, 2.24) is 20.5 Å². The van der Waals surface area contributed by atoms with Gasteiger partial charge in [0.1, 0.15) is 10.6 Å². The molecule has 27 heavy (non-hydrogen) atoms. The summed E-state index contributed by atoms with van der Waals surface area (Å²) in [5, 5.41) is 7.55. The lowest BCUT2D eigenvalue weighted by Gasteiger charge is -2.30. The second kappa shape index (κ2) is 11.1. The van der Waals surface area contributed by atoms with E-state index in [1.165, 1.54) is 4.88 Å². The molecular weight excluding hydrogens is 362 g/mol. The van der Waals surface area contributed by atoms with Crippen LogP contribution in [0.5, 0.6) is 0 Å². The van der Waals surface area contributed by atoms with Crippen LogP contribution in [0.2, 0.25) is 0 Å². The first-order valence-electron chi connectivity index (χ1n) is 9.55. The van der Waals surface area contributed by atoms with Gasteiger partial charge in [-0.1, -0.05) is 0 Å². The number of aryl methyl sites for hydroxylation is 1. The van der Waals surface area contributed by atoms with E-state index in [1.807, 2.05) is 54.7 Å². The molecule has 0 saturated heterocycles. The Morgan fingerprint density at radius 3 is 2.59 bits per heavy atom. The van der Waals surface area contributed by atoms with Crippen molar-refractivity contribution in [3.63, 3.8) is 0 Å². The van der Waals surface area contributed by atoms with Gasteiger partial charge in [-0.05, 0) is 54.9 Å². The van der Waals surface area contributed by atoms with Crippen molar-refractivity contribution >= 4 is 23.4 Å². The number of rotatable bonds is 8. The summed E-state index contributed by atoms with van der Waals surface area (Å²) in [5.74, 6) is 0.763. The zero-order chi connectivity index (χ0) is 20.4. The highest BCUT2D eigenvalue weighted by atomic mass is 32.1. The molecule has 2 N–H and O–H groups in total. The molecular formula is C19H35N5O2S. The molecule has 0 fully saturated rings. The van der Waals surface area contributed by atoms with Crippen molar-refractivity contribution in [2.45, 2.75) is 73.1 Å². The van der Waals surface area contributed by atoms with Crippen molar-refractivity contribution in [3.05, 3.63) is 16.1 Å². The summed E-state index contributed by atoms with van der Waals surface area (Å²) in [6.45, 7) is 16.4. The zero-order valence-corrected chi connectivity index (χ0v) is 18.6. The van der Waals surface area contributed by atoms with E-state index in [9.17, 15) is 4.79 Å². The summed E-state index contributed by atoms with van der Waals surface area (Å²) in [6.07, 6.45) is 2.41. The van der Waals surface area contributed by atoms with Crippen LogP contribution in [-0.2, 0) is 11.3 Å². The smallest absolute Gasteiger partial charge is 0.410 e. The topological polar surface area (TPSA) is 78.9 Å². The molecule has 8 heteroatoms. The highest BCUT2D eigenvalue weighted by Crippen LogP contribution is 2.13. The summed E-state index contributed by atoms with van der Waals surface area (Å²) >= 11 is 1.66. The third-order valence-corrected chi connectivity index (χ3v) is 4.40. The van der Waals surface area contributed by atoms with Crippen molar-refractivity contribution < 1.29 is 9.53 Å². The van der Waals surface area contributed by atoms with E-state index in [-0.39, 0.29) is 12.1 Å². The van der Waals surface area contributed by atoms with Crippen molar-refractivity contribution in [2.24, 2.45) is 4.99 Å². The van der Waals surface area contributed by atoms with Gasteiger partial charge in [0.15, 0.2) is 5.96 Å². The molecule has 0 aliphatic rings. The normalized spacial score (nSPS) is 12.2. The monoisotopic (exact) mass is 397 g/mol. The third kappa shape index (κ3) is 9.60. The van der Waals surface area contributed by atoms with Gasteiger partial charge in [-0.2, -0.15) is 0 Å². The Kier molecular flexibility index (Phi) is 9.55. The number of carbonyl (C=O) groups is 1. The minimum atomic E-state index is -0.485. The maximum absolute atomic E-state index is 12.3. The number of guanidine groups is 1. The van der Waals surface area contributed by atoms with Gasteiger partial charge in [-0.15, -0.1) is 11.3 Å². The van der Waals surface area contributed by atoms with Crippen molar-refractivity contribution in [2.75, 3.05) is 19.6 Å². The van der Waals surface area contributed by atoms with E-state index in [2.05, 4.69) is 20.6 Å². The molecule has 0 bridgehead atoms. The van der Waals surface area contributed by atoms with Gasteiger partial charge in [-0.3, -0.25) is 0 Å². The predicted molar refractivity (Wildman–Crippen MR) is 112 cm³/mol. The second-order valence-corrected chi connectivity index (χ2v) is 8.93. The molecule has 0 spiro atoms. The molecule has 154 valence electrons. The number of hydrogen-bond donors (Lipinski definition) is 2. The SMILES string of the molecule is CCNC(=NCc1ncc(C)s1)NCCCN(C(=O)OC(C)(C)C)C(C)C. The maximum atomic E-state index is 12.3. The van der Waals surface area contributed by atoms with Gasteiger partial charge >= 0.3 is 6.09 Å². The van der Waals surface area contributed by atoms with Gasteiger partial charge in [0.25, 0.3) is 0 Å². The predicted octanol–water partition coefficient (Wildman–Crippen LogP) is 3.54. The summed E-state index contributed by atoms with van der Waals surface area (Å²) in [5.41, 5.74) is -0.485. The lowest BCUT2D eigenvalue weighted by atomic mass is 10.2. The van der Waals surface area contributed by atoms with Gasteiger partial charge in [0.2, 0.25) is 0 Å². The lowest BCUT2D eigenvalue weighted by molar-refractivity contribution is 0.0190. The number of aliphatic imine (C=N–C) groups is 1. The fraction of sp³-hybridized carbons (Fsp3) is 0.737. The van der Waals surface area contributed by atoms with E-state index < -0.39 is 5.60 Å². The number of hydrogen-bond acceptors (Lipinski definition) is 5. The van der Waals surface area contributed by atoms with Gasteiger partial charge in [0.05, 0.1) is 6.54 Å². The molecule has 0 aliphatic heterocycles. The molecule has 0 atom stereocenters. The molecule has 1 aromatic heterocycles. The molecule has 0 saturated carbocycles. The fourth-order valence-corrected chi connectivity index (χ4v) is 3.01. The standard InChI is InChI=1S/C19H35N5O2S/c1-8-20-17(23-13-16-22-12-15(4)27-16)21-10-9-11-24(14(2)3)18(25)26-19(5,6)7/h12,14H,8-11,13H2,1-7H3,(H2,20,21,23). The van der Waals surface area contributed by atoms with Gasteiger partial charge in [0, 0.05) is 36.8 Å². The average Bonchev–Trinajstić information content (AvgIpc) is 2.95. The second-order valence-electron chi connectivity index (χ2n) is 7.61. The highest BCUT2D eigenvalue weighted by Gasteiger charge is 2.23. The minimum Gasteiger partial charge on any atom is -0.444 e. The Morgan fingerprint density at radius 2 is 2.07 bits per heavy atom. The summed E-state index contributed by atoms with van der Waals surface area (Å²) in [7, 11) is 0. The van der Waals surface area contributed by atoms with Crippen molar-refractivity contribution in [1.29, 1.82) is 0 Å².